The van der Waals surface area contributed by atoms with Crippen LogP contribution < -0.4 is 5.73 Å². The number of Topliss-reactive ketones (excluding diaryl/α,β-unsaturated/α-hetero) is 1. The smallest absolute Gasteiger partial charge is 0.138 e. The third-order valence-electron chi connectivity index (χ3n) is 2.48. The van der Waals surface area contributed by atoms with Crippen LogP contribution in [-0.4, -0.2) is 21.6 Å². The zero-order valence-electron chi connectivity index (χ0n) is 9.60. The lowest BCUT2D eigenvalue weighted by Gasteiger charge is -2.13. The van der Waals surface area contributed by atoms with Crippen LogP contribution in [0.25, 0.3) is 0 Å². The second-order valence-corrected chi connectivity index (χ2v) is 4.35. The first-order valence-corrected chi connectivity index (χ1v) is 5.24. The molecule has 4 nitrogen and oxygen atoms in total. The van der Waals surface area contributed by atoms with Gasteiger partial charge in [-0.1, -0.05) is 13.8 Å². The number of nitrogens with zero attached hydrogens (tertiary/aromatic N) is 2. The van der Waals surface area contributed by atoms with Crippen LogP contribution in [0.3, 0.4) is 0 Å². The SMILES string of the molecule is CC(C)C(N)CC(=O)Cc1cnn(C)c1. The Balaban J connectivity index is 2.43. The van der Waals surface area contributed by atoms with Gasteiger partial charge in [-0.15, -0.1) is 0 Å². The number of rotatable bonds is 5. The van der Waals surface area contributed by atoms with Gasteiger partial charge < -0.3 is 5.73 Å². The summed E-state index contributed by atoms with van der Waals surface area (Å²) in [5.41, 5.74) is 6.79. The van der Waals surface area contributed by atoms with Crippen molar-refractivity contribution in [2.45, 2.75) is 32.7 Å². The van der Waals surface area contributed by atoms with Gasteiger partial charge in [-0.3, -0.25) is 9.48 Å². The molecule has 0 saturated carbocycles. The maximum Gasteiger partial charge on any atom is 0.138 e. The molecule has 0 saturated heterocycles. The zero-order valence-corrected chi connectivity index (χ0v) is 9.60. The van der Waals surface area contributed by atoms with Gasteiger partial charge in [0.1, 0.15) is 5.78 Å². The zero-order chi connectivity index (χ0) is 11.4. The first-order chi connectivity index (χ1) is 6.99. The van der Waals surface area contributed by atoms with Gasteiger partial charge in [-0.25, -0.2) is 0 Å². The van der Waals surface area contributed by atoms with Crippen LogP contribution in [0.5, 0.6) is 0 Å². The molecule has 0 aliphatic carbocycles. The van der Waals surface area contributed by atoms with Crippen molar-refractivity contribution in [1.29, 1.82) is 0 Å². The second-order valence-electron chi connectivity index (χ2n) is 4.35. The van der Waals surface area contributed by atoms with Crippen molar-refractivity contribution in [3.63, 3.8) is 0 Å². The fraction of sp³-hybridized carbons (Fsp3) is 0.636. The Morgan fingerprint density at radius 3 is 2.73 bits per heavy atom. The molecular weight excluding hydrogens is 190 g/mol. The lowest BCUT2D eigenvalue weighted by atomic mass is 9.97. The van der Waals surface area contributed by atoms with Crippen LogP contribution in [0, 0.1) is 5.92 Å². The second kappa shape index (κ2) is 5.07. The molecule has 1 aromatic rings. The maximum absolute atomic E-state index is 11.6. The van der Waals surface area contributed by atoms with E-state index < -0.39 is 0 Å². The first kappa shape index (κ1) is 11.9. The van der Waals surface area contributed by atoms with Gasteiger partial charge in [0.15, 0.2) is 0 Å². The molecule has 0 fully saturated rings. The first-order valence-electron chi connectivity index (χ1n) is 5.24. The summed E-state index contributed by atoms with van der Waals surface area (Å²) in [6.45, 7) is 4.06. The molecule has 4 heteroatoms. The van der Waals surface area contributed by atoms with E-state index in [-0.39, 0.29) is 11.8 Å². The molecule has 0 aliphatic heterocycles. The number of hydrogen-bond acceptors (Lipinski definition) is 3. The summed E-state index contributed by atoms with van der Waals surface area (Å²) >= 11 is 0. The topological polar surface area (TPSA) is 60.9 Å². The van der Waals surface area contributed by atoms with Gasteiger partial charge in [0.2, 0.25) is 0 Å². The highest BCUT2D eigenvalue weighted by atomic mass is 16.1. The van der Waals surface area contributed by atoms with Crippen molar-refractivity contribution in [2.75, 3.05) is 0 Å². The van der Waals surface area contributed by atoms with E-state index in [1.165, 1.54) is 0 Å². The molecular formula is C11H19N3O. The summed E-state index contributed by atoms with van der Waals surface area (Å²) in [5, 5.41) is 4.02. The maximum atomic E-state index is 11.6. The molecule has 0 amide bonds. The lowest BCUT2D eigenvalue weighted by Crippen LogP contribution is -2.29. The van der Waals surface area contributed by atoms with Crippen molar-refractivity contribution in [3.05, 3.63) is 18.0 Å². The predicted octanol–water partition coefficient (Wildman–Crippen LogP) is 0.905. The van der Waals surface area contributed by atoms with E-state index in [0.717, 1.165) is 5.56 Å². The molecule has 2 N–H and O–H groups in total. The van der Waals surface area contributed by atoms with Gasteiger partial charge in [0.25, 0.3) is 0 Å². The van der Waals surface area contributed by atoms with Gasteiger partial charge in [-0.2, -0.15) is 5.10 Å². The van der Waals surface area contributed by atoms with Crippen LogP contribution in [-0.2, 0) is 18.3 Å². The van der Waals surface area contributed by atoms with E-state index in [9.17, 15) is 4.79 Å². The minimum absolute atomic E-state index is 0.0332. The minimum atomic E-state index is -0.0332. The van der Waals surface area contributed by atoms with Gasteiger partial charge in [-0.05, 0) is 11.5 Å². The average molecular weight is 209 g/mol. The molecule has 0 aliphatic rings. The molecule has 1 unspecified atom stereocenters. The predicted molar refractivity (Wildman–Crippen MR) is 59.3 cm³/mol. The van der Waals surface area contributed by atoms with Crippen LogP contribution in [0.15, 0.2) is 12.4 Å². The number of nitrogens with two attached hydrogens (primary N) is 1. The van der Waals surface area contributed by atoms with E-state index >= 15 is 0 Å². The standard InChI is InChI=1S/C11H19N3O/c1-8(2)11(12)5-10(15)4-9-6-13-14(3)7-9/h6-8,11H,4-5,12H2,1-3H3. The lowest BCUT2D eigenvalue weighted by molar-refractivity contribution is -0.118. The van der Waals surface area contributed by atoms with Gasteiger partial charge >= 0.3 is 0 Å². The van der Waals surface area contributed by atoms with E-state index in [2.05, 4.69) is 5.10 Å². The highest BCUT2D eigenvalue weighted by Crippen LogP contribution is 2.06. The summed E-state index contributed by atoms with van der Waals surface area (Å²) in [5.74, 6) is 0.534. The molecule has 1 rings (SSSR count). The third-order valence-corrected chi connectivity index (χ3v) is 2.48. The van der Waals surface area contributed by atoms with Gasteiger partial charge in [0, 0.05) is 32.1 Å². The molecule has 1 atom stereocenters. The summed E-state index contributed by atoms with van der Waals surface area (Å²) in [6, 6.07) is -0.0332. The summed E-state index contributed by atoms with van der Waals surface area (Å²) in [6.07, 6.45) is 4.47. The Morgan fingerprint density at radius 2 is 2.27 bits per heavy atom. The number of aromatic nitrogens is 2. The quantitative estimate of drug-likeness (QED) is 0.784. The van der Waals surface area contributed by atoms with E-state index in [1.54, 1.807) is 10.9 Å². The van der Waals surface area contributed by atoms with E-state index in [1.807, 2.05) is 27.1 Å². The molecule has 1 aromatic heterocycles. The number of ketones is 1. The number of aryl methyl sites for hydroxylation is 1. The Bertz CT molecular complexity index is 330. The summed E-state index contributed by atoms with van der Waals surface area (Å²) in [4.78, 5) is 11.6. The average Bonchev–Trinajstić information content (AvgIpc) is 2.50. The molecule has 1 heterocycles. The summed E-state index contributed by atoms with van der Waals surface area (Å²) < 4.78 is 1.70. The minimum Gasteiger partial charge on any atom is -0.327 e. The van der Waals surface area contributed by atoms with Crippen LogP contribution in [0.4, 0.5) is 0 Å². The normalized spacial score (nSPS) is 13.1. The van der Waals surface area contributed by atoms with E-state index in [4.69, 9.17) is 5.73 Å². The molecule has 15 heavy (non-hydrogen) atoms. The fourth-order valence-electron chi connectivity index (χ4n) is 1.36. The molecule has 0 spiro atoms. The van der Waals surface area contributed by atoms with Crippen molar-refractivity contribution in [3.8, 4) is 0 Å². The highest BCUT2D eigenvalue weighted by Gasteiger charge is 2.13. The number of hydrogen-bond donors (Lipinski definition) is 1. The van der Waals surface area contributed by atoms with E-state index in [0.29, 0.717) is 18.8 Å². The molecule has 0 bridgehead atoms. The number of carbonyl (C=O) groups excluding carboxylic acids is 1. The summed E-state index contributed by atoms with van der Waals surface area (Å²) in [7, 11) is 1.84. The van der Waals surface area contributed by atoms with Crippen LogP contribution in [0.2, 0.25) is 0 Å². The third kappa shape index (κ3) is 3.83. The highest BCUT2D eigenvalue weighted by molar-refractivity contribution is 5.81. The largest absolute Gasteiger partial charge is 0.327 e. The van der Waals surface area contributed by atoms with Crippen LogP contribution >= 0.6 is 0 Å². The Kier molecular flexibility index (Phi) is 4.03. The monoisotopic (exact) mass is 209 g/mol. The molecule has 84 valence electrons. The Morgan fingerprint density at radius 1 is 1.60 bits per heavy atom. The Labute approximate surface area is 90.5 Å². The van der Waals surface area contributed by atoms with Gasteiger partial charge in [0.05, 0.1) is 6.20 Å². The van der Waals surface area contributed by atoms with Crippen molar-refractivity contribution >= 4 is 5.78 Å². The molecule has 0 aromatic carbocycles. The van der Waals surface area contributed by atoms with Crippen LogP contribution in [0.1, 0.15) is 25.8 Å². The van der Waals surface area contributed by atoms with Crippen molar-refractivity contribution < 1.29 is 4.79 Å². The number of carbonyl (C=O) groups is 1. The Hall–Kier alpha value is -1.16. The van der Waals surface area contributed by atoms with Crippen molar-refractivity contribution in [2.24, 2.45) is 18.7 Å². The fourth-order valence-corrected chi connectivity index (χ4v) is 1.36. The molecule has 0 radical (unpaired) electrons. The van der Waals surface area contributed by atoms with Crippen molar-refractivity contribution in [1.82, 2.24) is 9.78 Å².